The molecule has 0 saturated carbocycles. The largest absolute Gasteiger partial charge is 0.384 e. The molecule has 2 heterocycles. The Morgan fingerprint density at radius 1 is 1.42 bits per heavy atom. The van der Waals surface area contributed by atoms with Crippen LogP contribution in [0.2, 0.25) is 0 Å². The van der Waals surface area contributed by atoms with Crippen molar-refractivity contribution in [2.45, 2.75) is 19.3 Å². The molecule has 0 aromatic carbocycles. The van der Waals surface area contributed by atoms with Gasteiger partial charge < -0.3 is 21.7 Å². The van der Waals surface area contributed by atoms with Gasteiger partial charge in [-0.3, -0.25) is 4.79 Å². The van der Waals surface area contributed by atoms with Gasteiger partial charge in [-0.15, -0.1) is 0 Å². The third kappa shape index (κ3) is 3.82. The van der Waals surface area contributed by atoms with Gasteiger partial charge >= 0.3 is 0 Å². The number of aromatic nitrogens is 1. The van der Waals surface area contributed by atoms with Crippen LogP contribution in [0.15, 0.2) is 12.3 Å². The van der Waals surface area contributed by atoms with E-state index in [9.17, 15) is 4.79 Å². The summed E-state index contributed by atoms with van der Waals surface area (Å²) in [5.41, 5.74) is 11.9. The second-order valence-electron chi connectivity index (χ2n) is 4.85. The van der Waals surface area contributed by atoms with E-state index in [4.69, 9.17) is 11.5 Å². The molecule has 19 heavy (non-hydrogen) atoms. The van der Waals surface area contributed by atoms with Crippen molar-refractivity contribution >= 4 is 17.4 Å². The van der Waals surface area contributed by atoms with Gasteiger partial charge in [-0.1, -0.05) is 0 Å². The lowest BCUT2D eigenvalue weighted by Crippen LogP contribution is -2.23. The quantitative estimate of drug-likeness (QED) is 0.655. The molecule has 0 spiro atoms. The van der Waals surface area contributed by atoms with Crippen LogP contribution in [0.1, 0.15) is 29.6 Å². The number of primary amides is 1. The Kier molecular flexibility index (Phi) is 4.57. The number of carbonyl (C=O) groups is 1. The van der Waals surface area contributed by atoms with E-state index in [1.165, 1.54) is 32.0 Å². The molecule has 1 aromatic heterocycles. The second-order valence-corrected chi connectivity index (χ2v) is 4.85. The number of amides is 1. The molecule has 104 valence electrons. The number of pyridine rings is 1. The number of rotatable bonds is 6. The van der Waals surface area contributed by atoms with Gasteiger partial charge in [0, 0.05) is 6.54 Å². The molecule has 0 atom stereocenters. The fraction of sp³-hybridized carbons (Fsp3) is 0.538. The van der Waals surface area contributed by atoms with Crippen LogP contribution in [-0.2, 0) is 0 Å². The van der Waals surface area contributed by atoms with Crippen LogP contribution in [0.5, 0.6) is 0 Å². The molecule has 6 nitrogen and oxygen atoms in total. The third-order valence-corrected chi connectivity index (χ3v) is 3.36. The number of nitrogen functional groups attached to an aromatic ring is 1. The predicted molar refractivity (Wildman–Crippen MR) is 75.9 cm³/mol. The lowest BCUT2D eigenvalue weighted by atomic mass is 10.2. The van der Waals surface area contributed by atoms with E-state index < -0.39 is 5.91 Å². The van der Waals surface area contributed by atoms with Crippen LogP contribution in [0.25, 0.3) is 0 Å². The van der Waals surface area contributed by atoms with Crippen LogP contribution in [0, 0.1) is 0 Å². The summed E-state index contributed by atoms with van der Waals surface area (Å²) in [7, 11) is 0. The van der Waals surface area contributed by atoms with Crippen molar-refractivity contribution in [2.75, 3.05) is 37.2 Å². The van der Waals surface area contributed by atoms with Gasteiger partial charge in [0.15, 0.2) is 0 Å². The molecular formula is C13H21N5O. The number of carbonyl (C=O) groups excluding carboxylic acids is 1. The smallest absolute Gasteiger partial charge is 0.250 e. The van der Waals surface area contributed by atoms with Crippen molar-refractivity contribution in [1.29, 1.82) is 0 Å². The molecule has 1 amide bonds. The molecule has 5 N–H and O–H groups in total. The topological polar surface area (TPSA) is 97.3 Å². The van der Waals surface area contributed by atoms with Crippen LogP contribution in [-0.4, -0.2) is 42.0 Å². The van der Waals surface area contributed by atoms with Gasteiger partial charge in [0.05, 0.1) is 17.4 Å². The van der Waals surface area contributed by atoms with Gasteiger partial charge in [0.2, 0.25) is 0 Å². The van der Waals surface area contributed by atoms with Crippen molar-refractivity contribution in [3.63, 3.8) is 0 Å². The first-order valence-corrected chi connectivity index (χ1v) is 6.68. The summed E-state index contributed by atoms with van der Waals surface area (Å²) < 4.78 is 0. The first-order chi connectivity index (χ1) is 9.16. The van der Waals surface area contributed by atoms with E-state index in [0.29, 0.717) is 17.1 Å². The molecule has 6 heteroatoms. The van der Waals surface area contributed by atoms with Crippen LogP contribution < -0.4 is 16.8 Å². The van der Waals surface area contributed by atoms with Gasteiger partial charge in [-0.2, -0.15) is 0 Å². The zero-order valence-corrected chi connectivity index (χ0v) is 11.1. The van der Waals surface area contributed by atoms with Crippen molar-refractivity contribution in [2.24, 2.45) is 5.73 Å². The number of hydrogen-bond acceptors (Lipinski definition) is 5. The normalized spacial score (nSPS) is 15.6. The monoisotopic (exact) mass is 263 g/mol. The Labute approximate surface area is 113 Å². The summed E-state index contributed by atoms with van der Waals surface area (Å²) in [6, 6.07) is 1.51. The minimum atomic E-state index is -0.490. The van der Waals surface area contributed by atoms with Crippen LogP contribution in [0.4, 0.5) is 11.5 Å². The maximum Gasteiger partial charge on any atom is 0.250 e. The van der Waals surface area contributed by atoms with Gasteiger partial charge in [-0.05, 0) is 45.0 Å². The molecule has 1 aliphatic rings. The molecule has 0 unspecified atom stereocenters. The standard InChI is InChI=1S/C13H21N5O/c14-12-8-10(13(15)19)11(9-17-12)16-4-3-7-18-5-1-2-6-18/h8-9,16H,1-7H2,(H2,14,17)(H2,15,19). The maximum absolute atomic E-state index is 11.3. The lowest BCUT2D eigenvalue weighted by Gasteiger charge is -2.15. The minimum absolute atomic E-state index is 0.302. The first kappa shape index (κ1) is 13.6. The summed E-state index contributed by atoms with van der Waals surface area (Å²) in [4.78, 5) is 17.7. The molecule has 1 fully saturated rings. The molecule has 1 aromatic rings. The van der Waals surface area contributed by atoms with E-state index in [0.717, 1.165) is 19.5 Å². The highest BCUT2D eigenvalue weighted by molar-refractivity contribution is 5.98. The van der Waals surface area contributed by atoms with E-state index >= 15 is 0 Å². The van der Waals surface area contributed by atoms with Gasteiger partial charge in [0.1, 0.15) is 5.82 Å². The number of hydrogen-bond donors (Lipinski definition) is 3. The van der Waals surface area contributed by atoms with E-state index in [1.807, 2.05) is 0 Å². The van der Waals surface area contributed by atoms with Crippen LogP contribution in [0.3, 0.4) is 0 Å². The highest BCUT2D eigenvalue weighted by Gasteiger charge is 2.11. The minimum Gasteiger partial charge on any atom is -0.384 e. The molecule has 1 aliphatic heterocycles. The zero-order chi connectivity index (χ0) is 13.7. The molecule has 0 aliphatic carbocycles. The fourth-order valence-electron chi connectivity index (χ4n) is 2.35. The summed E-state index contributed by atoms with van der Waals surface area (Å²) in [5, 5.41) is 3.20. The molecule has 1 saturated heterocycles. The zero-order valence-electron chi connectivity index (χ0n) is 11.1. The fourth-order valence-corrected chi connectivity index (χ4v) is 2.35. The number of likely N-dealkylation sites (tertiary alicyclic amines) is 1. The Bertz CT molecular complexity index is 443. The Morgan fingerprint density at radius 2 is 2.16 bits per heavy atom. The highest BCUT2D eigenvalue weighted by atomic mass is 16.1. The number of nitrogens with zero attached hydrogens (tertiary/aromatic N) is 2. The predicted octanol–water partition coefficient (Wildman–Crippen LogP) is 0.660. The summed E-state index contributed by atoms with van der Waals surface area (Å²) in [6.07, 6.45) is 5.20. The number of anilines is 2. The van der Waals surface area contributed by atoms with Crippen LogP contribution >= 0.6 is 0 Å². The van der Waals surface area contributed by atoms with Gasteiger partial charge in [0.25, 0.3) is 5.91 Å². The summed E-state index contributed by atoms with van der Waals surface area (Å²) in [5.74, 6) is -0.187. The Morgan fingerprint density at radius 3 is 2.84 bits per heavy atom. The molecule has 2 rings (SSSR count). The maximum atomic E-state index is 11.3. The lowest BCUT2D eigenvalue weighted by molar-refractivity contribution is 0.100. The second kappa shape index (κ2) is 6.38. The Balaban J connectivity index is 1.83. The van der Waals surface area contributed by atoms with E-state index in [2.05, 4.69) is 15.2 Å². The third-order valence-electron chi connectivity index (χ3n) is 3.36. The molecule has 0 bridgehead atoms. The molecular weight excluding hydrogens is 242 g/mol. The average Bonchev–Trinajstić information content (AvgIpc) is 2.89. The summed E-state index contributed by atoms with van der Waals surface area (Å²) >= 11 is 0. The van der Waals surface area contributed by atoms with E-state index in [-0.39, 0.29) is 0 Å². The van der Waals surface area contributed by atoms with Crippen molar-refractivity contribution in [3.05, 3.63) is 17.8 Å². The SMILES string of the molecule is NC(=O)c1cc(N)ncc1NCCCN1CCCC1. The summed E-state index contributed by atoms with van der Waals surface area (Å²) in [6.45, 7) is 4.29. The first-order valence-electron chi connectivity index (χ1n) is 6.68. The molecule has 0 radical (unpaired) electrons. The van der Waals surface area contributed by atoms with Gasteiger partial charge in [-0.25, -0.2) is 4.98 Å². The van der Waals surface area contributed by atoms with Crippen molar-refractivity contribution in [1.82, 2.24) is 9.88 Å². The number of nitrogens with one attached hydrogen (secondary N) is 1. The van der Waals surface area contributed by atoms with E-state index in [1.54, 1.807) is 6.20 Å². The highest BCUT2D eigenvalue weighted by Crippen LogP contribution is 2.16. The van der Waals surface area contributed by atoms with Crippen molar-refractivity contribution < 1.29 is 4.79 Å². The average molecular weight is 263 g/mol. The number of nitrogens with two attached hydrogens (primary N) is 2. The Hall–Kier alpha value is -1.82. The van der Waals surface area contributed by atoms with Crippen molar-refractivity contribution in [3.8, 4) is 0 Å².